The topological polar surface area (TPSA) is 72.4 Å². The van der Waals surface area contributed by atoms with E-state index in [4.69, 9.17) is 20.5 Å². The van der Waals surface area contributed by atoms with Gasteiger partial charge in [-0.05, 0) is 24.3 Å². The third-order valence-electron chi connectivity index (χ3n) is 4.05. The highest BCUT2D eigenvalue weighted by Gasteiger charge is 2.34. The second kappa shape index (κ2) is 6.13. The van der Waals surface area contributed by atoms with Crippen LogP contribution in [0, 0.1) is 0 Å². The van der Waals surface area contributed by atoms with Gasteiger partial charge >= 0.3 is 0 Å². The van der Waals surface area contributed by atoms with Crippen LogP contribution < -0.4 is 0 Å². The lowest BCUT2D eigenvalue weighted by molar-refractivity contribution is -0.128. The van der Waals surface area contributed by atoms with E-state index in [0.29, 0.717) is 41.8 Å². The lowest BCUT2D eigenvalue weighted by Crippen LogP contribution is -2.24. The number of amides is 1. The van der Waals surface area contributed by atoms with Crippen LogP contribution in [0.1, 0.15) is 24.0 Å². The maximum Gasteiger partial charge on any atom is 0.232 e. The highest BCUT2D eigenvalue weighted by atomic mass is 35.5. The Morgan fingerprint density at radius 3 is 2.92 bits per heavy atom. The molecule has 122 valence electrons. The van der Waals surface area contributed by atoms with Crippen molar-refractivity contribution in [2.24, 2.45) is 0 Å². The van der Waals surface area contributed by atoms with E-state index in [-0.39, 0.29) is 11.8 Å². The van der Waals surface area contributed by atoms with Crippen LogP contribution in [-0.4, -0.2) is 27.5 Å². The summed E-state index contributed by atoms with van der Waals surface area (Å²) >= 11 is 6.16. The molecule has 1 aromatic carbocycles. The molecule has 1 atom stereocenters. The van der Waals surface area contributed by atoms with Crippen molar-refractivity contribution >= 4 is 17.5 Å². The Kier molecular flexibility index (Phi) is 3.82. The molecule has 7 heteroatoms. The van der Waals surface area contributed by atoms with Crippen LogP contribution in [0.3, 0.4) is 0 Å². The fourth-order valence-electron chi connectivity index (χ4n) is 2.83. The highest BCUT2D eigenvalue weighted by Crippen LogP contribution is 2.31. The molecule has 24 heavy (non-hydrogen) atoms. The Balaban J connectivity index is 1.51. The molecule has 0 aliphatic carbocycles. The largest absolute Gasteiger partial charge is 0.467 e. The van der Waals surface area contributed by atoms with Gasteiger partial charge < -0.3 is 13.8 Å². The normalized spacial score (nSPS) is 17.6. The molecule has 1 saturated heterocycles. The van der Waals surface area contributed by atoms with Gasteiger partial charge in [-0.3, -0.25) is 4.79 Å². The van der Waals surface area contributed by atoms with Gasteiger partial charge in [0.2, 0.25) is 17.6 Å². The summed E-state index contributed by atoms with van der Waals surface area (Å²) < 4.78 is 10.7. The van der Waals surface area contributed by atoms with E-state index >= 15 is 0 Å². The predicted octanol–water partition coefficient (Wildman–Crippen LogP) is 3.50. The second-order valence-corrected chi connectivity index (χ2v) is 6.10. The number of hydrogen-bond donors (Lipinski definition) is 0. The molecular formula is C17H14ClN3O3. The third-order valence-corrected chi connectivity index (χ3v) is 4.38. The zero-order valence-corrected chi connectivity index (χ0v) is 13.4. The summed E-state index contributed by atoms with van der Waals surface area (Å²) in [6.07, 6.45) is 1.95. The number of rotatable bonds is 4. The molecule has 0 spiro atoms. The summed E-state index contributed by atoms with van der Waals surface area (Å²) in [5.74, 6) is 1.59. The van der Waals surface area contributed by atoms with E-state index < -0.39 is 0 Å². The Morgan fingerprint density at radius 1 is 1.25 bits per heavy atom. The van der Waals surface area contributed by atoms with Crippen molar-refractivity contribution in [2.45, 2.75) is 18.9 Å². The van der Waals surface area contributed by atoms with Gasteiger partial charge in [-0.2, -0.15) is 4.98 Å². The summed E-state index contributed by atoms with van der Waals surface area (Å²) in [4.78, 5) is 18.4. The van der Waals surface area contributed by atoms with Crippen molar-refractivity contribution in [1.82, 2.24) is 15.0 Å². The molecule has 3 heterocycles. The SMILES string of the molecule is O=C1CC(c2nc(-c3ccccc3Cl)no2)CN1Cc1ccco1. The minimum Gasteiger partial charge on any atom is -0.467 e. The second-order valence-electron chi connectivity index (χ2n) is 5.69. The minimum absolute atomic E-state index is 0.0499. The zero-order chi connectivity index (χ0) is 16.5. The van der Waals surface area contributed by atoms with E-state index in [1.54, 1.807) is 23.3 Å². The van der Waals surface area contributed by atoms with Gasteiger partial charge in [0, 0.05) is 18.5 Å². The molecule has 1 aliphatic rings. The number of halogens is 1. The van der Waals surface area contributed by atoms with Crippen LogP contribution in [0.15, 0.2) is 51.6 Å². The summed E-state index contributed by atoms with van der Waals surface area (Å²) in [7, 11) is 0. The van der Waals surface area contributed by atoms with Crippen LogP contribution in [-0.2, 0) is 11.3 Å². The number of carbonyl (C=O) groups excluding carboxylic acids is 1. The van der Waals surface area contributed by atoms with E-state index in [1.807, 2.05) is 24.3 Å². The van der Waals surface area contributed by atoms with Gasteiger partial charge in [-0.25, -0.2) is 0 Å². The molecule has 1 amide bonds. The number of likely N-dealkylation sites (tertiary alicyclic amines) is 1. The summed E-state index contributed by atoms with van der Waals surface area (Å²) in [6, 6.07) is 11.0. The first kappa shape index (κ1) is 15.0. The highest BCUT2D eigenvalue weighted by molar-refractivity contribution is 6.33. The molecule has 2 aromatic heterocycles. The van der Waals surface area contributed by atoms with Crippen LogP contribution in [0.4, 0.5) is 0 Å². The first-order chi connectivity index (χ1) is 11.7. The van der Waals surface area contributed by atoms with Gasteiger partial charge in [0.25, 0.3) is 0 Å². The van der Waals surface area contributed by atoms with E-state index in [1.165, 1.54) is 0 Å². The first-order valence-electron chi connectivity index (χ1n) is 7.59. The fraction of sp³-hybridized carbons (Fsp3) is 0.235. The maximum atomic E-state index is 12.2. The molecule has 6 nitrogen and oxygen atoms in total. The van der Waals surface area contributed by atoms with Crippen LogP contribution in [0.5, 0.6) is 0 Å². The maximum absolute atomic E-state index is 12.2. The fourth-order valence-corrected chi connectivity index (χ4v) is 3.05. The Bertz CT molecular complexity index is 860. The number of nitrogens with zero attached hydrogens (tertiary/aromatic N) is 3. The van der Waals surface area contributed by atoms with Crippen LogP contribution in [0.2, 0.25) is 5.02 Å². The van der Waals surface area contributed by atoms with Crippen molar-refractivity contribution in [3.8, 4) is 11.4 Å². The molecule has 0 N–H and O–H groups in total. The van der Waals surface area contributed by atoms with Crippen molar-refractivity contribution in [3.05, 3.63) is 59.3 Å². The van der Waals surface area contributed by atoms with E-state index in [9.17, 15) is 4.79 Å². The number of furan rings is 1. The third kappa shape index (κ3) is 2.80. The molecule has 0 radical (unpaired) electrons. The average Bonchev–Trinajstić information content (AvgIpc) is 3.30. The van der Waals surface area contributed by atoms with Gasteiger partial charge in [0.1, 0.15) is 5.76 Å². The Hall–Kier alpha value is -2.60. The summed E-state index contributed by atoms with van der Waals surface area (Å²) in [6.45, 7) is 0.984. The first-order valence-corrected chi connectivity index (χ1v) is 7.97. The zero-order valence-electron chi connectivity index (χ0n) is 12.7. The molecule has 1 fully saturated rings. The molecule has 3 aromatic rings. The number of aromatic nitrogens is 2. The quantitative estimate of drug-likeness (QED) is 0.725. The van der Waals surface area contributed by atoms with Crippen molar-refractivity contribution < 1.29 is 13.7 Å². The van der Waals surface area contributed by atoms with Crippen molar-refractivity contribution in [3.63, 3.8) is 0 Å². The lowest BCUT2D eigenvalue weighted by atomic mass is 10.1. The summed E-state index contributed by atoms with van der Waals surface area (Å²) in [5, 5.41) is 4.56. The molecule has 4 rings (SSSR count). The number of hydrogen-bond acceptors (Lipinski definition) is 5. The monoisotopic (exact) mass is 343 g/mol. The minimum atomic E-state index is -0.115. The van der Waals surface area contributed by atoms with Crippen molar-refractivity contribution in [2.75, 3.05) is 6.54 Å². The standard InChI is InChI=1S/C17H14ClN3O3/c18-14-6-2-1-5-13(14)16-19-17(24-20-16)11-8-15(22)21(9-11)10-12-4-3-7-23-12/h1-7,11H,8-10H2. The van der Waals surface area contributed by atoms with Gasteiger partial charge in [0.15, 0.2) is 0 Å². The molecular weight excluding hydrogens is 330 g/mol. The smallest absolute Gasteiger partial charge is 0.232 e. The van der Waals surface area contributed by atoms with E-state index in [0.717, 1.165) is 5.76 Å². The molecule has 1 unspecified atom stereocenters. The predicted molar refractivity (Wildman–Crippen MR) is 86.2 cm³/mol. The number of benzene rings is 1. The van der Waals surface area contributed by atoms with Crippen LogP contribution in [0.25, 0.3) is 11.4 Å². The summed E-state index contributed by atoms with van der Waals surface area (Å²) in [5.41, 5.74) is 0.714. The van der Waals surface area contributed by atoms with E-state index in [2.05, 4.69) is 10.1 Å². The van der Waals surface area contributed by atoms with Gasteiger partial charge in [0.05, 0.1) is 23.7 Å². The molecule has 0 saturated carbocycles. The van der Waals surface area contributed by atoms with Crippen LogP contribution >= 0.6 is 11.6 Å². The van der Waals surface area contributed by atoms with Gasteiger partial charge in [-0.1, -0.05) is 28.9 Å². The van der Waals surface area contributed by atoms with Crippen molar-refractivity contribution in [1.29, 1.82) is 0 Å². The Labute approximate surface area is 143 Å². The lowest BCUT2D eigenvalue weighted by Gasteiger charge is -2.13. The molecule has 0 bridgehead atoms. The Morgan fingerprint density at radius 2 is 2.12 bits per heavy atom. The van der Waals surface area contributed by atoms with Gasteiger partial charge in [-0.15, -0.1) is 0 Å². The molecule has 1 aliphatic heterocycles. The average molecular weight is 344 g/mol. The number of carbonyl (C=O) groups is 1.